The second-order valence-corrected chi connectivity index (χ2v) is 5.91. The van der Waals surface area contributed by atoms with Gasteiger partial charge in [-0.1, -0.05) is 12.1 Å². The molecular formula is C16H20N2O2. The lowest BCUT2D eigenvalue weighted by Gasteiger charge is -2.38. The van der Waals surface area contributed by atoms with Gasteiger partial charge in [0.2, 0.25) is 5.91 Å². The minimum atomic E-state index is -0.367. The number of benzene rings is 1. The molecule has 2 aliphatic heterocycles. The van der Waals surface area contributed by atoms with Gasteiger partial charge in [-0.3, -0.25) is 9.69 Å². The van der Waals surface area contributed by atoms with E-state index in [9.17, 15) is 9.59 Å². The van der Waals surface area contributed by atoms with Gasteiger partial charge >= 0.3 is 0 Å². The van der Waals surface area contributed by atoms with Gasteiger partial charge in [-0.2, -0.15) is 0 Å². The van der Waals surface area contributed by atoms with Gasteiger partial charge in [0.25, 0.3) is 0 Å². The highest BCUT2D eigenvalue weighted by atomic mass is 16.1. The second kappa shape index (κ2) is 5.37. The summed E-state index contributed by atoms with van der Waals surface area (Å²) in [6.45, 7) is 0.559. The smallest absolute Gasteiger partial charge is 0.248 e. The molecule has 0 radical (unpaired) electrons. The summed E-state index contributed by atoms with van der Waals surface area (Å²) in [5.41, 5.74) is 7.15. The van der Waals surface area contributed by atoms with E-state index in [-0.39, 0.29) is 5.91 Å². The first-order chi connectivity index (χ1) is 9.69. The molecule has 106 valence electrons. The number of carbonyl (C=O) groups is 2. The molecule has 2 N–H and O–H groups in total. The molecule has 0 saturated carbocycles. The number of nitrogens with two attached hydrogens (primary N) is 1. The monoisotopic (exact) mass is 272 g/mol. The summed E-state index contributed by atoms with van der Waals surface area (Å²) in [6, 6.07) is 8.73. The van der Waals surface area contributed by atoms with Gasteiger partial charge in [0.1, 0.15) is 6.29 Å². The van der Waals surface area contributed by atoms with Gasteiger partial charge < -0.3 is 10.5 Å². The van der Waals surface area contributed by atoms with Crippen LogP contribution in [-0.2, 0) is 4.79 Å². The minimum absolute atomic E-state index is 0.367. The van der Waals surface area contributed by atoms with E-state index in [4.69, 9.17) is 5.73 Å². The Balaban J connectivity index is 1.79. The molecule has 1 aromatic rings. The molecule has 3 rings (SSSR count). The Morgan fingerprint density at radius 2 is 2.00 bits per heavy atom. The first-order valence-corrected chi connectivity index (χ1v) is 7.28. The molecule has 1 unspecified atom stereocenters. The quantitative estimate of drug-likeness (QED) is 0.848. The van der Waals surface area contributed by atoms with Gasteiger partial charge in [-0.15, -0.1) is 0 Å². The van der Waals surface area contributed by atoms with E-state index >= 15 is 0 Å². The average molecular weight is 272 g/mol. The van der Waals surface area contributed by atoms with Crippen LogP contribution in [0.4, 0.5) is 0 Å². The van der Waals surface area contributed by atoms with Crippen molar-refractivity contribution in [1.82, 2.24) is 4.90 Å². The fourth-order valence-corrected chi connectivity index (χ4v) is 3.88. The van der Waals surface area contributed by atoms with E-state index in [1.165, 1.54) is 18.4 Å². The largest absolute Gasteiger partial charge is 0.366 e. The number of hydrogen-bond acceptors (Lipinski definition) is 3. The fourth-order valence-electron chi connectivity index (χ4n) is 3.88. The van der Waals surface area contributed by atoms with Crippen molar-refractivity contribution >= 4 is 12.2 Å². The van der Waals surface area contributed by atoms with Crippen molar-refractivity contribution < 1.29 is 9.59 Å². The van der Waals surface area contributed by atoms with Gasteiger partial charge in [0.05, 0.1) is 6.54 Å². The van der Waals surface area contributed by atoms with E-state index in [2.05, 4.69) is 11.0 Å². The molecule has 2 bridgehead atoms. The highest BCUT2D eigenvalue weighted by Crippen LogP contribution is 2.42. The van der Waals surface area contributed by atoms with Gasteiger partial charge in [-0.05, 0) is 49.3 Å². The lowest BCUT2D eigenvalue weighted by molar-refractivity contribution is -0.109. The standard InChI is InChI=1S/C16H20N2O2/c17-16(20)12-3-1-2-11(8-12)13-9-14-4-5-15(10-13)18(14)6-7-19/h1-3,7-8,13-15H,4-6,9-10H2,(H2,17,20)/t13?,14-,15+. The van der Waals surface area contributed by atoms with Gasteiger partial charge in [0, 0.05) is 17.6 Å². The molecule has 20 heavy (non-hydrogen) atoms. The molecule has 0 spiro atoms. The highest BCUT2D eigenvalue weighted by Gasteiger charge is 2.40. The van der Waals surface area contributed by atoms with Gasteiger partial charge in [0.15, 0.2) is 0 Å². The van der Waals surface area contributed by atoms with Crippen molar-refractivity contribution in [2.24, 2.45) is 5.73 Å². The maximum Gasteiger partial charge on any atom is 0.248 e. The second-order valence-electron chi connectivity index (χ2n) is 5.91. The SMILES string of the molecule is NC(=O)c1cccc(C2C[C@H]3CC[C@@H](C2)N3CC=O)c1. The van der Waals surface area contributed by atoms with Crippen LogP contribution >= 0.6 is 0 Å². The Kier molecular flexibility index (Phi) is 3.57. The van der Waals surface area contributed by atoms with Crippen LogP contribution in [-0.4, -0.2) is 35.7 Å². The maximum absolute atomic E-state index is 11.3. The molecule has 1 amide bonds. The molecule has 2 aliphatic rings. The summed E-state index contributed by atoms with van der Waals surface area (Å²) in [5.74, 6) is 0.114. The molecule has 2 fully saturated rings. The lowest BCUT2D eigenvalue weighted by Crippen LogP contribution is -2.43. The number of hydrogen-bond donors (Lipinski definition) is 1. The highest BCUT2D eigenvalue weighted by molar-refractivity contribution is 5.92. The summed E-state index contributed by atoms with van der Waals surface area (Å²) >= 11 is 0. The lowest BCUT2D eigenvalue weighted by atomic mass is 9.84. The maximum atomic E-state index is 11.3. The predicted octanol–water partition coefficient (Wildman–Crippen LogP) is 1.69. The van der Waals surface area contributed by atoms with Crippen LogP contribution in [0, 0.1) is 0 Å². The summed E-state index contributed by atoms with van der Waals surface area (Å²) in [6.07, 6.45) is 5.54. The van der Waals surface area contributed by atoms with Crippen molar-refractivity contribution in [2.45, 2.75) is 43.7 Å². The van der Waals surface area contributed by atoms with Crippen molar-refractivity contribution in [3.63, 3.8) is 0 Å². The van der Waals surface area contributed by atoms with Gasteiger partial charge in [-0.25, -0.2) is 0 Å². The normalized spacial score (nSPS) is 29.3. The predicted molar refractivity (Wildman–Crippen MR) is 76.5 cm³/mol. The molecule has 2 heterocycles. The third-order valence-corrected chi connectivity index (χ3v) is 4.81. The summed E-state index contributed by atoms with van der Waals surface area (Å²) < 4.78 is 0. The van der Waals surface area contributed by atoms with E-state index in [0.29, 0.717) is 30.1 Å². The van der Waals surface area contributed by atoms with Crippen LogP contribution in [0.1, 0.15) is 47.5 Å². The number of piperidine rings is 1. The zero-order valence-electron chi connectivity index (χ0n) is 11.5. The Hall–Kier alpha value is -1.68. The zero-order valence-corrected chi connectivity index (χ0v) is 11.5. The number of nitrogens with zero attached hydrogens (tertiary/aromatic N) is 1. The van der Waals surface area contributed by atoms with Crippen molar-refractivity contribution in [2.75, 3.05) is 6.54 Å². The number of primary amides is 1. The van der Waals surface area contributed by atoms with Crippen LogP contribution in [0.15, 0.2) is 24.3 Å². The van der Waals surface area contributed by atoms with E-state index in [0.717, 1.165) is 19.1 Å². The van der Waals surface area contributed by atoms with Crippen molar-refractivity contribution in [3.8, 4) is 0 Å². The van der Waals surface area contributed by atoms with E-state index in [1.807, 2.05) is 12.1 Å². The molecule has 4 heteroatoms. The Morgan fingerprint density at radius 3 is 2.60 bits per heavy atom. The number of fused-ring (bicyclic) bond motifs is 2. The molecule has 3 atom stereocenters. The summed E-state index contributed by atoms with van der Waals surface area (Å²) in [7, 11) is 0. The minimum Gasteiger partial charge on any atom is -0.366 e. The Labute approximate surface area is 118 Å². The van der Waals surface area contributed by atoms with Crippen molar-refractivity contribution in [1.29, 1.82) is 0 Å². The molecule has 2 saturated heterocycles. The molecule has 0 aromatic heterocycles. The number of amides is 1. The number of carbonyl (C=O) groups excluding carboxylic acids is 2. The van der Waals surface area contributed by atoms with Crippen LogP contribution in [0.5, 0.6) is 0 Å². The van der Waals surface area contributed by atoms with Crippen LogP contribution in [0.3, 0.4) is 0 Å². The number of aldehydes is 1. The Bertz CT molecular complexity index is 515. The summed E-state index contributed by atoms with van der Waals surface area (Å²) in [5, 5.41) is 0. The van der Waals surface area contributed by atoms with Crippen LogP contribution in [0.2, 0.25) is 0 Å². The first-order valence-electron chi connectivity index (χ1n) is 7.28. The van der Waals surface area contributed by atoms with Crippen LogP contribution in [0.25, 0.3) is 0 Å². The molecule has 1 aromatic carbocycles. The third kappa shape index (κ3) is 2.36. The zero-order chi connectivity index (χ0) is 14.1. The molecule has 4 nitrogen and oxygen atoms in total. The molecule has 0 aliphatic carbocycles. The Morgan fingerprint density at radius 1 is 1.30 bits per heavy atom. The first kappa shape index (κ1) is 13.3. The summed E-state index contributed by atoms with van der Waals surface area (Å²) in [4.78, 5) is 24.4. The van der Waals surface area contributed by atoms with Crippen molar-refractivity contribution in [3.05, 3.63) is 35.4 Å². The third-order valence-electron chi connectivity index (χ3n) is 4.81. The average Bonchev–Trinajstić information content (AvgIpc) is 2.70. The number of rotatable bonds is 4. The van der Waals surface area contributed by atoms with E-state index in [1.54, 1.807) is 6.07 Å². The topological polar surface area (TPSA) is 63.4 Å². The van der Waals surface area contributed by atoms with E-state index < -0.39 is 0 Å². The fraction of sp³-hybridized carbons (Fsp3) is 0.500. The van der Waals surface area contributed by atoms with Crippen LogP contribution < -0.4 is 5.73 Å². The molecular weight excluding hydrogens is 252 g/mol.